The number of sulfone groups is 1. The maximum atomic E-state index is 12.8. The topological polar surface area (TPSA) is 92.3 Å². The highest BCUT2D eigenvalue weighted by molar-refractivity contribution is 7.89. The van der Waals surface area contributed by atoms with Gasteiger partial charge in [0.1, 0.15) is 5.82 Å². The molecule has 0 saturated heterocycles. The van der Waals surface area contributed by atoms with E-state index < -0.39 is 27.5 Å². The summed E-state index contributed by atoms with van der Waals surface area (Å²) in [5.41, 5.74) is 5.28. The summed E-state index contributed by atoms with van der Waals surface area (Å²) >= 11 is 0. The van der Waals surface area contributed by atoms with Crippen molar-refractivity contribution in [1.82, 2.24) is 10.9 Å². The minimum Gasteiger partial charge on any atom is -0.267 e. The van der Waals surface area contributed by atoms with E-state index in [0.717, 1.165) is 18.4 Å². The first-order chi connectivity index (χ1) is 11.2. The van der Waals surface area contributed by atoms with E-state index >= 15 is 0 Å². The number of carbonyl (C=O) groups is 2. The predicted octanol–water partition coefficient (Wildman–Crippen LogP) is 1.45. The third kappa shape index (κ3) is 5.17. The number of benzene rings is 2. The van der Waals surface area contributed by atoms with Crippen molar-refractivity contribution in [2.45, 2.75) is 5.75 Å². The zero-order chi connectivity index (χ0) is 17.7. The highest BCUT2D eigenvalue weighted by Gasteiger charge is 2.11. The molecule has 0 heterocycles. The summed E-state index contributed by atoms with van der Waals surface area (Å²) in [6, 6.07) is 10.9. The first-order valence-corrected chi connectivity index (χ1v) is 8.93. The van der Waals surface area contributed by atoms with Crippen molar-refractivity contribution in [1.29, 1.82) is 0 Å². The largest absolute Gasteiger partial charge is 0.269 e. The fraction of sp³-hybridized carbons (Fsp3) is 0.125. The van der Waals surface area contributed by atoms with Crippen molar-refractivity contribution < 1.29 is 22.4 Å². The molecular formula is C16H15FN2O4S. The third-order valence-corrected chi connectivity index (χ3v) is 3.87. The molecule has 2 N–H and O–H groups in total. The molecule has 0 aliphatic rings. The monoisotopic (exact) mass is 350 g/mol. The molecule has 8 heteroatoms. The standard InChI is InChI=1S/C16H15FN2O4S/c1-24(22,23)10-11-3-2-4-13(9-11)16(21)19-18-15(20)12-5-7-14(17)8-6-12/h2-9H,10H2,1H3,(H,18,20)(H,19,21). The van der Waals surface area contributed by atoms with Crippen LogP contribution in [0, 0.1) is 5.82 Å². The smallest absolute Gasteiger partial charge is 0.267 e. The van der Waals surface area contributed by atoms with Crippen LogP contribution in [-0.4, -0.2) is 26.5 Å². The van der Waals surface area contributed by atoms with Crippen molar-refractivity contribution >= 4 is 21.7 Å². The second-order valence-corrected chi connectivity index (χ2v) is 7.33. The Bertz CT molecular complexity index is 864. The number of hydrogen-bond acceptors (Lipinski definition) is 4. The van der Waals surface area contributed by atoms with E-state index in [4.69, 9.17) is 0 Å². The van der Waals surface area contributed by atoms with Gasteiger partial charge in [-0.3, -0.25) is 20.4 Å². The summed E-state index contributed by atoms with van der Waals surface area (Å²) in [5, 5.41) is 0. The van der Waals surface area contributed by atoms with Crippen LogP contribution in [0.3, 0.4) is 0 Å². The molecule has 2 aromatic rings. The van der Waals surface area contributed by atoms with Crippen molar-refractivity contribution in [3.05, 3.63) is 71.0 Å². The van der Waals surface area contributed by atoms with Gasteiger partial charge in [-0.1, -0.05) is 12.1 Å². The summed E-state index contributed by atoms with van der Waals surface area (Å²) < 4.78 is 35.4. The Labute approximate surface area is 138 Å². The van der Waals surface area contributed by atoms with E-state index in [0.29, 0.717) is 5.56 Å². The molecule has 2 aromatic carbocycles. The van der Waals surface area contributed by atoms with E-state index in [1.54, 1.807) is 12.1 Å². The average molecular weight is 350 g/mol. The molecule has 0 bridgehead atoms. The zero-order valence-corrected chi connectivity index (χ0v) is 13.6. The summed E-state index contributed by atoms with van der Waals surface area (Å²) in [6.07, 6.45) is 1.10. The lowest BCUT2D eigenvalue weighted by Gasteiger charge is -2.08. The van der Waals surface area contributed by atoms with E-state index in [2.05, 4.69) is 10.9 Å². The first kappa shape index (κ1) is 17.6. The predicted molar refractivity (Wildman–Crippen MR) is 86.3 cm³/mol. The van der Waals surface area contributed by atoms with Gasteiger partial charge in [-0.25, -0.2) is 12.8 Å². The van der Waals surface area contributed by atoms with Gasteiger partial charge in [0.25, 0.3) is 11.8 Å². The van der Waals surface area contributed by atoms with Gasteiger partial charge in [-0.15, -0.1) is 0 Å². The lowest BCUT2D eigenvalue weighted by molar-refractivity contribution is 0.0846. The van der Waals surface area contributed by atoms with Crippen LogP contribution in [0.2, 0.25) is 0 Å². The zero-order valence-electron chi connectivity index (χ0n) is 12.7. The summed E-state index contributed by atoms with van der Waals surface area (Å²) in [7, 11) is -3.22. The molecule has 2 amide bonds. The molecule has 0 aliphatic carbocycles. The summed E-state index contributed by atoms with van der Waals surface area (Å²) in [6.45, 7) is 0. The molecule has 24 heavy (non-hydrogen) atoms. The number of hydrazine groups is 1. The molecule has 0 atom stereocenters. The molecular weight excluding hydrogens is 335 g/mol. The lowest BCUT2D eigenvalue weighted by Crippen LogP contribution is -2.41. The van der Waals surface area contributed by atoms with E-state index in [1.807, 2.05) is 0 Å². The van der Waals surface area contributed by atoms with Crippen LogP contribution in [0.5, 0.6) is 0 Å². The lowest BCUT2D eigenvalue weighted by atomic mass is 10.1. The van der Waals surface area contributed by atoms with Gasteiger partial charge in [-0.05, 0) is 42.0 Å². The van der Waals surface area contributed by atoms with Gasteiger partial charge >= 0.3 is 0 Å². The second-order valence-electron chi connectivity index (χ2n) is 5.19. The molecule has 0 radical (unpaired) electrons. The molecule has 126 valence electrons. The SMILES string of the molecule is CS(=O)(=O)Cc1cccc(C(=O)NNC(=O)c2ccc(F)cc2)c1. The average Bonchev–Trinajstić information content (AvgIpc) is 2.51. The Hall–Kier alpha value is -2.74. The van der Waals surface area contributed by atoms with Crippen molar-refractivity contribution in [2.75, 3.05) is 6.26 Å². The normalized spacial score (nSPS) is 10.9. The molecule has 0 spiro atoms. The highest BCUT2D eigenvalue weighted by atomic mass is 32.2. The molecule has 2 rings (SSSR count). The number of hydrogen-bond donors (Lipinski definition) is 2. The number of rotatable bonds is 4. The van der Waals surface area contributed by atoms with Crippen LogP contribution < -0.4 is 10.9 Å². The van der Waals surface area contributed by atoms with Gasteiger partial charge < -0.3 is 0 Å². The highest BCUT2D eigenvalue weighted by Crippen LogP contribution is 2.09. The second kappa shape index (κ2) is 7.22. The number of amides is 2. The fourth-order valence-electron chi connectivity index (χ4n) is 1.96. The molecule has 0 unspecified atom stereocenters. The van der Waals surface area contributed by atoms with E-state index in [1.165, 1.54) is 24.3 Å². The van der Waals surface area contributed by atoms with Crippen LogP contribution in [0.4, 0.5) is 4.39 Å². The van der Waals surface area contributed by atoms with Crippen molar-refractivity contribution in [3.8, 4) is 0 Å². The van der Waals surface area contributed by atoms with E-state index in [-0.39, 0.29) is 16.9 Å². The van der Waals surface area contributed by atoms with Crippen molar-refractivity contribution in [3.63, 3.8) is 0 Å². The number of halogens is 1. The summed E-state index contributed by atoms with van der Waals surface area (Å²) in [4.78, 5) is 23.8. The van der Waals surface area contributed by atoms with Gasteiger partial charge in [-0.2, -0.15) is 0 Å². The summed E-state index contributed by atoms with van der Waals surface area (Å²) in [5.74, 6) is -1.86. The van der Waals surface area contributed by atoms with Gasteiger partial charge in [0.15, 0.2) is 9.84 Å². The molecule has 0 saturated carbocycles. The molecule has 0 aromatic heterocycles. The van der Waals surface area contributed by atoms with E-state index in [9.17, 15) is 22.4 Å². The maximum absolute atomic E-state index is 12.8. The van der Waals surface area contributed by atoms with Gasteiger partial charge in [0.05, 0.1) is 5.75 Å². The Balaban J connectivity index is 2.01. The van der Waals surface area contributed by atoms with Crippen LogP contribution >= 0.6 is 0 Å². The number of carbonyl (C=O) groups excluding carboxylic acids is 2. The van der Waals surface area contributed by atoms with Crippen LogP contribution in [0.15, 0.2) is 48.5 Å². The first-order valence-electron chi connectivity index (χ1n) is 6.87. The fourth-order valence-corrected chi connectivity index (χ4v) is 2.75. The van der Waals surface area contributed by atoms with Crippen LogP contribution in [0.25, 0.3) is 0 Å². The Morgan fingerprint density at radius 2 is 1.54 bits per heavy atom. The van der Waals surface area contributed by atoms with Gasteiger partial charge in [0.2, 0.25) is 0 Å². The third-order valence-electron chi connectivity index (χ3n) is 3.01. The molecule has 0 aliphatic heterocycles. The minimum absolute atomic E-state index is 0.183. The minimum atomic E-state index is -3.22. The van der Waals surface area contributed by atoms with Gasteiger partial charge in [0, 0.05) is 17.4 Å². The van der Waals surface area contributed by atoms with Crippen LogP contribution in [-0.2, 0) is 15.6 Å². The maximum Gasteiger partial charge on any atom is 0.269 e. The van der Waals surface area contributed by atoms with Crippen molar-refractivity contribution in [2.24, 2.45) is 0 Å². The molecule has 0 fully saturated rings. The quantitative estimate of drug-likeness (QED) is 0.816. The Morgan fingerprint density at radius 1 is 0.958 bits per heavy atom. The van der Waals surface area contributed by atoms with Crippen LogP contribution in [0.1, 0.15) is 26.3 Å². The Kier molecular flexibility index (Phi) is 5.30. The Morgan fingerprint density at radius 3 is 2.12 bits per heavy atom. The number of nitrogens with one attached hydrogen (secondary N) is 2. The molecule has 6 nitrogen and oxygen atoms in total.